The molecule has 3 rings (SSSR count). The molecule has 9 nitrogen and oxygen atoms in total. The summed E-state index contributed by atoms with van der Waals surface area (Å²) in [6, 6.07) is 8.40. The number of benzene rings is 2. The van der Waals surface area contributed by atoms with Crippen LogP contribution in [-0.4, -0.2) is 55.9 Å². The number of rotatable bonds is 5. The molecule has 2 aromatic rings. The van der Waals surface area contributed by atoms with Crippen molar-refractivity contribution in [2.45, 2.75) is 0 Å². The van der Waals surface area contributed by atoms with Crippen LogP contribution in [0.1, 0.15) is 10.4 Å². The number of ether oxygens (including phenoxy) is 2. The molecule has 1 heterocycles. The molecule has 0 bridgehead atoms. The number of nitrogens with zero attached hydrogens (tertiary/aromatic N) is 2. The molecule has 0 aromatic heterocycles. The second-order valence-corrected chi connectivity index (χ2v) is 9.02. The molecule has 0 unspecified atom stereocenters. The second-order valence-electron chi connectivity index (χ2n) is 6.28. The maximum atomic E-state index is 12.7. The summed E-state index contributed by atoms with van der Waals surface area (Å²) in [5.74, 6) is -0.130. The molecule has 0 spiro atoms. The van der Waals surface area contributed by atoms with E-state index < -0.39 is 14.8 Å². The van der Waals surface area contributed by atoms with Gasteiger partial charge in [-0.25, -0.2) is 8.42 Å². The quantitative estimate of drug-likeness (QED) is 0.518. The molecule has 154 valence electrons. The molecule has 2 aromatic carbocycles. The fourth-order valence-electron chi connectivity index (χ4n) is 2.82. The predicted octanol–water partition coefficient (Wildman–Crippen LogP) is 2.92. The van der Waals surface area contributed by atoms with Crippen molar-refractivity contribution in [3.8, 4) is 17.2 Å². The lowest BCUT2D eigenvalue weighted by molar-refractivity contribution is -0.385. The standard InChI is InChI=1S/C18H17ClN2O7S/c1-27-17-10-12(18(22)20-6-8-29(25,26)9-7-20)2-4-16(17)28-15-5-3-13(19)11-14(15)21(23)24/h2-5,10-11H,6-9H2,1H3. The van der Waals surface area contributed by atoms with Gasteiger partial charge in [-0.3, -0.25) is 14.9 Å². The van der Waals surface area contributed by atoms with Crippen molar-refractivity contribution in [2.75, 3.05) is 31.7 Å². The highest BCUT2D eigenvalue weighted by atomic mass is 35.5. The fraction of sp³-hybridized carbons (Fsp3) is 0.278. The zero-order valence-electron chi connectivity index (χ0n) is 15.3. The Labute approximate surface area is 171 Å². The van der Waals surface area contributed by atoms with Gasteiger partial charge < -0.3 is 14.4 Å². The molecule has 0 saturated carbocycles. The van der Waals surface area contributed by atoms with E-state index in [4.69, 9.17) is 21.1 Å². The number of nitro benzene ring substituents is 1. The first-order chi connectivity index (χ1) is 13.7. The molecular formula is C18H17ClN2O7S. The van der Waals surface area contributed by atoms with E-state index in [1.807, 2.05) is 0 Å². The molecule has 1 aliphatic heterocycles. The van der Waals surface area contributed by atoms with Gasteiger partial charge in [0.25, 0.3) is 5.91 Å². The van der Waals surface area contributed by atoms with Crippen LogP contribution >= 0.6 is 11.6 Å². The Kier molecular flexibility index (Phi) is 5.94. The lowest BCUT2D eigenvalue weighted by Gasteiger charge is -2.27. The van der Waals surface area contributed by atoms with Gasteiger partial charge in [0.2, 0.25) is 5.75 Å². The highest BCUT2D eigenvalue weighted by molar-refractivity contribution is 7.91. The van der Waals surface area contributed by atoms with Crippen LogP contribution in [0.25, 0.3) is 0 Å². The number of halogens is 1. The van der Waals surface area contributed by atoms with E-state index in [0.29, 0.717) is 5.56 Å². The summed E-state index contributed by atoms with van der Waals surface area (Å²) in [5, 5.41) is 11.4. The fourth-order valence-corrected chi connectivity index (χ4v) is 4.19. The lowest BCUT2D eigenvalue weighted by atomic mass is 10.1. The average Bonchev–Trinajstić information content (AvgIpc) is 2.69. The maximum absolute atomic E-state index is 12.7. The van der Waals surface area contributed by atoms with Crippen molar-refractivity contribution in [1.82, 2.24) is 4.90 Å². The SMILES string of the molecule is COc1cc(C(=O)N2CCS(=O)(=O)CC2)ccc1Oc1ccc(Cl)cc1[N+](=O)[O-]. The summed E-state index contributed by atoms with van der Waals surface area (Å²) in [6.45, 7) is 0.247. The molecule has 11 heteroatoms. The Balaban J connectivity index is 1.85. The summed E-state index contributed by atoms with van der Waals surface area (Å²) < 4.78 is 34.0. The molecule has 0 radical (unpaired) electrons. The van der Waals surface area contributed by atoms with Crippen molar-refractivity contribution in [3.63, 3.8) is 0 Å². The van der Waals surface area contributed by atoms with Crippen LogP contribution in [0.3, 0.4) is 0 Å². The number of amides is 1. The Morgan fingerprint density at radius 2 is 1.76 bits per heavy atom. The highest BCUT2D eigenvalue weighted by Crippen LogP contribution is 2.38. The van der Waals surface area contributed by atoms with E-state index >= 15 is 0 Å². The lowest BCUT2D eigenvalue weighted by Crippen LogP contribution is -2.43. The molecule has 0 N–H and O–H groups in total. The van der Waals surface area contributed by atoms with E-state index in [9.17, 15) is 23.3 Å². The summed E-state index contributed by atoms with van der Waals surface area (Å²) in [4.78, 5) is 24.7. The molecule has 1 fully saturated rings. The van der Waals surface area contributed by atoms with E-state index in [2.05, 4.69) is 0 Å². The third-order valence-electron chi connectivity index (χ3n) is 4.38. The predicted molar refractivity (Wildman–Crippen MR) is 106 cm³/mol. The van der Waals surface area contributed by atoms with Crippen LogP contribution in [-0.2, 0) is 9.84 Å². The van der Waals surface area contributed by atoms with E-state index in [1.54, 1.807) is 0 Å². The smallest absolute Gasteiger partial charge is 0.313 e. The maximum Gasteiger partial charge on any atom is 0.313 e. The van der Waals surface area contributed by atoms with Crippen molar-refractivity contribution in [1.29, 1.82) is 0 Å². The van der Waals surface area contributed by atoms with Crippen molar-refractivity contribution < 1.29 is 27.6 Å². The van der Waals surface area contributed by atoms with Crippen LogP contribution in [0.2, 0.25) is 5.02 Å². The molecule has 29 heavy (non-hydrogen) atoms. The van der Waals surface area contributed by atoms with E-state index in [0.717, 1.165) is 0 Å². The summed E-state index contributed by atoms with van der Waals surface area (Å²) in [6.07, 6.45) is 0. The summed E-state index contributed by atoms with van der Waals surface area (Å²) >= 11 is 5.81. The van der Waals surface area contributed by atoms with Gasteiger partial charge in [-0.05, 0) is 30.3 Å². The van der Waals surface area contributed by atoms with Gasteiger partial charge in [0, 0.05) is 29.7 Å². The Morgan fingerprint density at radius 3 is 2.38 bits per heavy atom. The third-order valence-corrected chi connectivity index (χ3v) is 6.22. The Morgan fingerprint density at radius 1 is 1.10 bits per heavy atom. The number of carbonyl (C=O) groups is 1. The summed E-state index contributed by atoms with van der Waals surface area (Å²) in [5.41, 5.74) is -0.0201. The minimum absolute atomic E-state index is 0.0296. The van der Waals surface area contributed by atoms with Crippen molar-refractivity contribution in [3.05, 3.63) is 57.1 Å². The van der Waals surface area contributed by atoms with E-state index in [-0.39, 0.29) is 58.5 Å². The van der Waals surface area contributed by atoms with Gasteiger partial charge in [0.15, 0.2) is 21.3 Å². The van der Waals surface area contributed by atoms with Gasteiger partial charge in [-0.1, -0.05) is 11.6 Å². The normalized spacial score (nSPS) is 15.6. The number of hydrogen-bond acceptors (Lipinski definition) is 7. The number of carbonyl (C=O) groups excluding carboxylic acids is 1. The number of sulfone groups is 1. The minimum atomic E-state index is -3.10. The van der Waals surface area contributed by atoms with E-state index in [1.165, 1.54) is 48.4 Å². The monoisotopic (exact) mass is 440 g/mol. The first kappa shape index (κ1) is 20.9. The summed E-state index contributed by atoms with van der Waals surface area (Å²) in [7, 11) is -1.73. The third kappa shape index (κ3) is 4.77. The highest BCUT2D eigenvalue weighted by Gasteiger charge is 2.26. The van der Waals surface area contributed by atoms with Gasteiger partial charge >= 0.3 is 5.69 Å². The van der Waals surface area contributed by atoms with Gasteiger partial charge in [-0.15, -0.1) is 0 Å². The van der Waals surface area contributed by atoms with Crippen molar-refractivity contribution in [2.24, 2.45) is 0 Å². The number of nitro groups is 1. The largest absolute Gasteiger partial charge is 0.493 e. The molecule has 1 amide bonds. The van der Waals surface area contributed by atoms with Gasteiger partial charge in [0.1, 0.15) is 0 Å². The van der Waals surface area contributed by atoms with Crippen molar-refractivity contribution >= 4 is 33.0 Å². The molecule has 0 atom stereocenters. The van der Waals surface area contributed by atoms with Crippen LogP contribution in [0, 0.1) is 10.1 Å². The average molecular weight is 441 g/mol. The van der Waals surface area contributed by atoms with Gasteiger partial charge in [0.05, 0.1) is 23.5 Å². The van der Waals surface area contributed by atoms with Crippen LogP contribution in [0.15, 0.2) is 36.4 Å². The van der Waals surface area contributed by atoms with Crippen LogP contribution in [0.4, 0.5) is 5.69 Å². The zero-order chi connectivity index (χ0) is 21.2. The molecule has 1 saturated heterocycles. The number of hydrogen-bond donors (Lipinski definition) is 0. The minimum Gasteiger partial charge on any atom is -0.493 e. The second kappa shape index (κ2) is 8.26. The molecule has 1 aliphatic rings. The topological polar surface area (TPSA) is 116 Å². The van der Waals surface area contributed by atoms with Crippen LogP contribution in [0.5, 0.6) is 17.2 Å². The van der Waals surface area contributed by atoms with Gasteiger partial charge in [-0.2, -0.15) is 0 Å². The molecular weight excluding hydrogens is 424 g/mol. The first-order valence-corrected chi connectivity index (χ1v) is 10.7. The van der Waals surface area contributed by atoms with Crippen LogP contribution < -0.4 is 9.47 Å². The Hall–Kier alpha value is -2.85. The Bertz CT molecular complexity index is 1060. The zero-order valence-corrected chi connectivity index (χ0v) is 16.9. The first-order valence-electron chi connectivity index (χ1n) is 8.50. The molecule has 0 aliphatic carbocycles. The number of methoxy groups -OCH3 is 1.